The van der Waals surface area contributed by atoms with Crippen LogP contribution in [-0.4, -0.2) is 42.5 Å². The average Bonchev–Trinajstić information content (AvgIpc) is 3.19. The number of carbonyl (C=O) groups is 1. The van der Waals surface area contributed by atoms with Crippen molar-refractivity contribution in [3.8, 4) is 11.3 Å². The predicted molar refractivity (Wildman–Crippen MR) is 93.6 cm³/mol. The molecule has 1 atom stereocenters. The summed E-state index contributed by atoms with van der Waals surface area (Å²) >= 11 is 1.46. The van der Waals surface area contributed by atoms with E-state index in [0.29, 0.717) is 24.5 Å². The fraction of sp³-hybridized carbons (Fsp3) is 0.375. The number of anilines is 1. The van der Waals surface area contributed by atoms with Gasteiger partial charge in [0, 0.05) is 23.4 Å². The fourth-order valence-electron chi connectivity index (χ4n) is 3.40. The third-order valence-electron chi connectivity index (χ3n) is 4.48. The second-order valence-electron chi connectivity index (χ2n) is 6.15. The monoisotopic (exact) mass is 363 g/mol. The van der Waals surface area contributed by atoms with Crippen LogP contribution in [0.25, 0.3) is 11.3 Å². The van der Waals surface area contributed by atoms with E-state index in [0.717, 1.165) is 28.8 Å². The number of aromatic nitrogens is 1. The van der Waals surface area contributed by atoms with Crippen molar-refractivity contribution in [1.82, 2.24) is 9.29 Å². The van der Waals surface area contributed by atoms with Crippen molar-refractivity contribution in [2.75, 3.05) is 18.1 Å². The third-order valence-corrected chi connectivity index (χ3v) is 6.74. The predicted octanol–water partition coefficient (Wildman–Crippen LogP) is 2.08. The van der Waals surface area contributed by atoms with Gasteiger partial charge in [0.15, 0.2) is 5.13 Å². The van der Waals surface area contributed by atoms with E-state index >= 15 is 0 Å². The summed E-state index contributed by atoms with van der Waals surface area (Å²) in [6.45, 7) is 0.401. The molecule has 1 N–H and O–H groups in total. The Morgan fingerprint density at radius 3 is 2.96 bits per heavy atom. The Hall–Kier alpha value is -1.77. The summed E-state index contributed by atoms with van der Waals surface area (Å²) in [6, 6.07) is 7.48. The number of nitrogens with one attached hydrogen (secondary N) is 1. The highest BCUT2D eigenvalue weighted by Crippen LogP contribution is 2.40. The number of carbonyl (C=O) groups excluding carboxylic acids is 1. The highest BCUT2D eigenvalue weighted by atomic mass is 32.2. The molecule has 0 spiro atoms. The molecule has 0 bridgehead atoms. The minimum Gasteiger partial charge on any atom is -0.301 e. The lowest BCUT2D eigenvalue weighted by Crippen LogP contribution is -2.42. The number of rotatable bonds is 3. The molecule has 24 heavy (non-hydrogen) atoms. The Balaban J connectivity index is 1.55. The molecule has 1 aromatic carbocycles. The van der Waals surface area contributed by atoms with Crippen molar-refractivity contribution in [1.29, 1.82) is 0 Å². The maximum absolute atomic E-state index is 12.5. The van der Waals surface area contributed by atoms with Gasteiger partial charge in [0.2, 0.25) is 15.9 Å². The fourth-order valence-corrected chi connectivity index (χ4v) is 5.53. The largest absolute Gasteiger partial charge is 0.301 e. The molecule has 1 aliphatic carbocycles. The summed E-state index contributed by atoms with van der Waals surface area (Å²) in [4.78, 5) is 18.2. The van der Waals surface area contributed by atoms with Crippen molar-refractivity contribution < 1.29 is 13.2 Å². The summed E-state index contributed by atoms with van der Waals surface area (Å²) < 4.78 is 24.8. The summed E-state index contributed by atoms with van der Waals surface area (Å²) in [6.07, 6.45) is 3.23. The topological polar surface area (TPSA) is 79.4 Å². The van der Waals surface area contributed by atoms with Crippen LogP contribution in [0.1, 0.15) is 23.3 Å². The molecule has 1 unspecified atom stereocenters. The number of benzene rings is 1. The maximum Gasteiger partial charge on any atom is 0.244 e. The first kappa shape index (κ1) is 15.7. The molecule has 0 radical (unpaired) electrons. The van der Waals surface area contributed by atoms with Crippen LogP contribution < -0.4 is 5.32 Å². The van der Waals surface area contributed by atoms with E-state index in [4.69, 9.17) is 0 Å². The van der Waals surface area contributed by atoms with Gasteiger partial charge in [-0.2, -0.15) is 4.31 Å². The molecule has 2 heterocycles. The highest BCUT2D eigenvalue weighted by Gasteiger charge is 2.37. The molecule has 0 saturated carbocycles. The zero-order valence-corrected chi connectivity index (χ0v) is 14.8. The smallest absolute Gasteiger partial charge is 0.244 e. The van der Waals surface area contributed by atoms with Gasteiger partial charge in [-0.25, -0.2) is 13.4 Å². The number of sulfonamides is 1. The van der Waals surface area contributed by atoms with E-state index < -0.39 is 16.1 Å². The van der Waals surface area contributed by atoms with Crippen molar-refractivity contribution in [3.05, 3.63) is 34.7 Å². The van der Waals surface area contributed by atoms with Gasteiger partial charge in [0.05, 0.1) is 11.9 Å². The van der Waals surface area contributed by atoms with Crippen LogP contribution >= 0.6 is 11.3 Å². The Bertz CT molecular complexity index is 920. The SMILES string of the molecule is CS(=O)(=O)N1CCCC1C(=O)Nc1nc2c(s1)Cc1ccccc1-2. The van der Waals surface area contributed by atoms with E-state index in [2.05, 4.69) is 16.4 Å². The maximum atomic E-state index is 12.5. The number of fused-ring (bicyclic) bond motifs is 3. The number of amides is 1. The number of hydrogen-bond acceptors (Lipinski definition) is 5. The molecule has 8 heteroatoms. The van der Waals surface area contributed by atoms with E-state index in [1.54, 1.807) is 0 Å². The minimum absolute atomic E-state index is 0.293. The van der Waals surface area contributed by atoms with E-state index in [9.17, 15) is 13.2 Å². The first-order valence-electron chi connectivity index (χ1n) is 7.79. The van der Waals surface area contributed by atoms with Gasteiger partial charge < -0.3 is 5.32 Å². The molecular formula is C16H17N3O3S2. The van der Waals surface area contributed by atoms with Gasteiger partial charge in [-0.1, -0.05) is 24.3 Å². The molecule has 1 amide bonds. The second-order valence-corrected chi connectivity index (χ2v) is 9.16. The lowest BCUT2D eigenvalue weighted by atomic mass is 10.1. The van der Waals surface area contributed by atoms with Gasteiger partial charge in [-0.05, 0) is 18.4 Å². The molecule has 2 aliphatic rings. The van der Waals surface area contributed by atoms with Gasteiger partial charge in [-0.3, -0.25) is 4.79 Å². The van der Waals surface area contributed by atoms with Crippen molar-refractivity contribution >= 4 is 32.4 Å². The Kier molecular flexibility index (Phi) is 3.70. The van der Waals surface area contributed by atoms with E-state index in [1.807, 2.05) is 18.2 Å². The van der Waals surface area contributed by atoms with Gasteiger partial charge in [0.1, 0.15) is 6.04 Å². The van der Waals surface area contributed by atoms with Crippen molar-refractivity contribution in [2.24, 2.45) is 0 Å². The molecule has 1 aromatic heterocycles. The molecule has 1 aliphatic heterocycles. The molecule has 2 aromatic rings. The molecule has 126 valence electrons. The second kappa shape index (κ2) is 5.65. The van der Waals surface area contributed by atoms with Gasteiger partial charge >= 0.3 is 0 Å². The minimum atomic E-state index is -3.37. The highest BCUT2D eigenvalue weighted by molar-refractivity contribution is 7.88. The molecule has 1 fully saturated rings. The van der Waals surface area contributed by atoms with Gasteiger partial charge in [0.25, 0.3) is 0 Å². The first-order valence-corrected chi connectivity index (χ1v) is 10.5. The van der Waals surface area contributed by atoms with Crippen LogP contribution in [0.5, 0.6) is 0 Å². The van der Waals surface area contributed by atoms with Crippen LogP contribution in [0.15, 0.2) is 24.3 Å². The van der Waals surface area contributed by atoms with Crippen molar-refractivity contribution in [2.45, 2.75) is 25.3 Å². The lowest BCUT2D eigenvalue weighted by Gasteiger charge is -2.20. The molecular weight excluding hydrogens is 346 g/mol. The van der Waals surface area contributed by atoms with E-state index in [1.165, 1.54) is 21.2 Å². The summed E-state index contributed by atoms with van der Waals surface area (Å²) in [7, 11) is -3.37. The number of nitrogens with zero attached hydrogens (tertiary/aromatic N) is 2. The Morgan fingerprint density at radius 2 is 2.17 bits per heavy atom. The van der Waals surface area contributed by atoms with Crippen LogP contribution in [0.4, 0.5) is 5.13 Å². The zero-order chi connectivity index (χ0) is 16.9. The van der Waals surface area contributed by atoms with Crippen LogP contribution in [0, 0.1) is 0 Å². The third kappa shape index (κ3) is 2.64. The standard InChI is InChI=1S/C16H17N3O3S2/c1-24(21,22)19-8-4-7-12(19)15(20)18-16-17-14-11-6-3-2-5-10(11)9-13(14)23-16/h2-3,5-6,12H,4,7-9H2,1H3,(H,17,18,20). The van der Waals surface area contributed by atoms with Crippen LogP contribution in [-0.2, 0) is 21.2 Å². The molecule has 1 saturated heterocycles. The first-order chi connectivity index (χ1) is 11.4. The number of hydrogen-bond donors (Lipinski definition) is 1. The van der Waals surface area contributed by atoms with Crippen molar-refractivity contribution in [3.63, 3.8) is 0 Å². The Morgan fingerprint density at radius 1 is 1.38 bits per heavy atom. The van der Waals surface area contributed by atoms with Crippen LogP contribution in [0.3, 0.4) is 0 Å². The summed E-state index contributed by atoms with van der Waals surface area (Å²) in [5, 5.41) is 3.35. The molecule has 4 rings (SSSR count). The lowest BCUT2D eigenvalue weighted by molar-refractivity contribution is -0.119. The summed E-state index contributed by atoms with van der Waals surface area (Å²) in [5.41, 5.74) is 3.29. The molecule has 6 nitrogen and oxygen atoms in total. The van der Waals surface area contributed by atoms with Gasteiger partial charge in [-0.15, -0.1) is 11.3 Å². The zero-order valence-electron chi connectivity index (χ0n) is 13.2. The number of thiazole rings is 1. The normalized spacial score (nSPS) is 20.0. The average molecular weight is 363 g/mol. The van der Waals surface area contributed by atoms with E-state index in [-0.39, 0.29) is 5.91 Å². The quantitative estimate of drug-likeness (QED) is 0.773. The summed E-state index contributed by atoms with van der Waals surface area (Å²) in [5.74, 6) is -0.293. The Labute approximate surface area is 144 Å². The van der Waals surface area contributed by atoms with Crippen LogP contribution in [0.2, 0.25) is 0 Å².